The third-order valence-corrected chi connectivity index (χ3v) is 5.37. The van der Waals surface area contributed by atoms with Crippen LogP contribution in [0.15, 0.2) is 53.4 Å². The van der Waals surface area contributed by atoms with E-state index >= 15 is 0 Å². The van der Waals surface area contributed by atoms with Crippen molar-refractivity contribution in [1.29, 1.82) is 0 Å². The van der Waals surface area contributed by atoms with Gasteiger partial charge in [-0.05, 0) is 55.3 Å². The van der Waals surface area contributed by atoms with E-state index in [1.807, 2.05) is 38.1 Å². The van der Waals surface area contributed by atoms with Gasteiger partial charge in [-0.1, -0.05) is 32.8 Å². The zero-order chi connectivity index (χ0) is 22.5. The number of anilines is 2. The van der Waals surface area contributed by atoms with Crippen molar-refractivity contribution in [2.24, 2.45) is 0 Å². The molecule has 2 N–H and O–H groups in total. The van der Waals surface area contributed by atoms with Gasteiger partial charge in [-0.2, -0.15) is 0 Å². The van der Waals surface area contributed by atoms with Crippen LogP contribution in [0.25, 0.3) is 0 Å². The number of carbonyl (C=O) groups is 3. The third kappa shape index (κ3) is 9.26. The Kier molecular flexibility index (Phi) is 10.6. The van der Waals surface area contributed by atoms with Crippen LogP contribution in [-0.4, -0.2) is 30.1 Å². The third-order valence-electron chi connectivity index (χ3n) is 4.38. The van der Waals surface area contributed by atoms with E-state index in [4.69, 9.17) is 4.74 Å². The second-order valence-electron chi connectivity index (χ2n) is 7.08. The van der Waals surface area contributed by atoms with Crippen molar-refractivity contribution in [3.05, 3.63) is 54.1 Å². The van der Waals surface area contributed by atoms with Gasteiger partial charge in [-0.3, -0.25) is 9.59 Å². The summed E-state index contributed by atoms with van der Waals surface area (Å²) in [7, 11) is 0. The SMILES string of the molecule is CCCCOC(=O)c1ccc(NC(=O)CSc2cccc(NC(=O)CCCC)c2)cc1. The number of nitrogens with one attached hydrogen (secondary N) is 2. The average molecular weight is 443 g/mol. The molecule has 2 aromatic carbocycles. The van der Waals surface area contributed by atoms with E-state index < -0.39 is 0 Å². The first kappa shape index (κ1) is 24.5. The molecule has 2 rings (SSSR count). The van der Waals surface area contributed by atoms with E-state index in [1.54, 1.807) is 24.3 Å². The van der Waals surface area contributed by atoms with Crippen LogP contribution in [0, 0.1) is 0 Å². The maximum Gasteiger partial charge on any atom is 0.338 e. The molecule has 0 bridgehead atoms. The van der Waals surface area contributed by atoms with Gasteiger partial charge in [-0.15, -0.1) is 11.8 Å². The van der Waals surface area contributed by atoms with Gasteiger partial charge in [0.05, 0.1) is 17.9 Å². The van der Waals surface area contributed by atoms with E-state index in [2.05, 4.69) is 10.6 Å². The average Bonchev–Trinajstić information content (AvgIpc) is 2.77. The van der Waals surface area contributed by atoms with Crippen molar-refractivity contribution >= 4 is 40.9 Å². The molecule has 2 aromatic rings. The highest BCUT2D eigenvalue weighted by Gasteiger charge is 2.09. The summed E-state index contributed by atoms with van der Waals surface area (Å²) >= 11 is 1.39. The van der Waals surface area contributed by atoms with Crippen LogP contribution in [0.3, 0.4) is 0 Å². The highest BCUT2D eigenvalue weighted by atomic mass is 32.2. The smallest absolute Gasteiger partial charge is 0.338 e. The predicted octanol–water partition coefficient (Wildman–Crippen LogP) is 5.50. The number of thioether (sulfide) groups is 1. The zero-order valence-corrected chi connectivity index (χ0v) is 18.9. The highest BCUT2D eigenvalue weighted by molar-refractivity contribution is 8.00. The molecule has 2 amide bonds. The number of hydrogen-bond acceptors (Lipinski definition) is 5. The monoisotopic (exact) mass is 442 g/mol. The van der Waals surface area contributed by atoms with E-state index in [9.17, 15) is 14.4 Å². The Labute approximate surface area is 188 Å². The first-order chi connectivity index (χ1) is 15.0. The van der Waals surface area contributed by atoms with Gasteiger partial charge in [0.15, 0.2) is 0 Å². The molecule has 0 aliphatic heterocycles. The molecule has 0 heterocycles. The summed E-state index contributed by atoms with van der Waals surface area (Å²) in [5.74, 6) is -0.280. The fraction of sp³-hybridized carbons (Fsp3) is 0.375. The number of esters is 1. The van der Waals surface area contributed by atoms with Crippen LogP contribution in [0.4, 0.5) is 11.4 Å². The fourth-order valence-corrected chi connectivity index (χ4v) is 3.41. The minimum absolute atomic E-state index is 0.000523. The molecule has 0 fully saturated rings. The first-order valence-corrected chi connectivity index (χ1v) is 11.6. The molecule has 0 saturated carbocycles. The maximum atomic E-state index is 12.3. The molecular weight excluding hydrogens is 412 g/mol. The Bertz CT molecular complexity index is 868. The molecule has 0 aliphatic carbocycles. The second kappa shape index (κ2) is 13.5. The van der Waals surface area contributed by atoms with Gasteiger partial charge in [0.2, 0.25) is 11.8 Å². The molecule has 0 aromatic heterocycles. The van der Waals surface area contributed by atoms with E-state index in [0.717, 1.165) is 36.3 Å². The Balaban J connectivity index is 1.80. The highest BCUT2D eigenvalue weighted by Crippen LogP contribution is 2.22. The molecular formula is C24H30N2O4S. The summed E-state index contributed by atoms with van der Waals surface area (Å²) in [6.45, 7) is 4.49. The molecule has 0 atom stereocenters. The fourth-order valence-electron chi connectivity index (χ4n) is 2.65. The van der Waals surface area contributed by atoms with Crippen LogP contribution in [0.5, 0.6) is 0 Å². The number of benzene rings is 2. The van der Waals surface area contributed by atoms with Gasteiger partial charge < -0.3 is 15.4 Å². The molecule has 166 valence electrons. The molecule has 0 unspecified atom stereocenters. The Morgan fingerprint density at radius 3 is 2.29 bits per heavy atom. The summed E-state index contributed by atoms with van der Waals surface area (Å²) in [6, 6.07) is 14.1. The molecule has 0 spiro atoms. The second-order valence-corrected chi connectivity index (χ2v) is 8.13. The van der Waals surface area contributed by atoms with Crippen molar-refractivity contribution in [1.82, 2.24) is 0 Å². The van der Waals surface area contributed by atoms with E-state index in [0.29, 0.717) is 24.3 Å². The van der Waals surface area contributed by atoms with Crippen LogP contribution < -0.4 is 10.6 Å². The van der Waals surface area contributed by atoms with Crippen molar-refractivity contribution in [3.8, 4) is 0 Å². The Morgan fingerprint density at radius 2 is 1.58 bits per heavy atom. The van der Waals surface area contributed by atoms with Crippen LogP contribution in [0.2, 0.25) is 0 Å². The van der Waals surface area contributed by atoms with Gasteiger partial charge >= 0.3 is 5.97 Å². The Morgan fingerprint density at radius 1 is 0.871 bits per heavy atom. The summed E-state index contributed by atoms with van der Waals surface area (Å²) in [4.78, 5) is 37.0. The number of carbonyl (C=O) groups excluding carboxylic acids is 3. The number of hydrogen-bond donors (Lipinski definition) is 2. The van der Waals surface area contributed by atoms with Gasteiger partial charge in [0.1, 0.15) is 0 Å². The summed E-state index contributed by atoms with van der Waals surface area (Å²) in [5.41, 5.74) is 1.81. The lowest BCUT2D eigenvalue weighted by atomic mass is 10.2. The minimum Gasteiger partial charge on any atom is -0.462 e. The van der Waals surface area contributed by atoms with E-state index in [-0.39, 0.29) is 23.5 Å². The lowest BCUT2D eigenvalue weighted by Crippen LogP contribution is -2.14. The van der Waals surface area contributed by atoms with Crippen molar-refractivity contribution in [2.75, 3.05) is 23.0 Å². The number of ether oxygens (including phenoxy) is 1. The van der Waals surface area contributed by atoms with E-state index in [1.165, 1.54) is 11.8 Å². The molecule has 0 radical (unpaired) electrons. The summed E-state index contributed by atoms with van der Waals surface area (Å²) < 4.78 is 5.17. The van der Waals surface area contributed by atoms with Gasteiger partial charge in [0, 0.05) is 22.7 Å². The van der Waals surface area contributed by atoms with Crippen LogP contribution >= 0.6 is 11.8 Å². The number of amides is 2. The molecule has 31 heavy (non-hydrogen) atoms. The summed E-state index contributed by atoms with van der Waals surface area (Å²) in [5, 5.41) is 5.70. The van der Waals surface area contributed by atoms with Gasteiger partial charge in [0.25, 0.3) is 0 Å². The maximum absolute atomic E-state index is 12.3. The number of unbranched alkanes of at least 4 members (excludes halogenated alkanes) is 2. The molecule has 0 saturated heterocycles. The lowest BCUT2D eigenvalue weighted by Gasteiger charge is -2.08. The van der Waals surface area contributed by atoms with Crippen LogP contribution in [-0.2, 0) is 14.3 Å². The first-order valence-electron chi connectivity index (χ1n) is 10.6. The van der Waals surface area contributed by atoms with Gasteiger partial charge in [-0.25, -0.2) is 4.79 Å². The summed E-state index contributed by atoms with van der Waals surface area (Å²) in [6.07, 6.45) is 4.15. The topological polar surface area (TPSA) is 84.5 Å². The predicted molar refractivity (Wildman–Crippen MR) is 126 cm³/mol. The Hall–Kier alpha value is -2.80. The molecule has 0 aliphatic rings. The minimum atomic E-state index is -0.358. The van der Waals surface area contributed by atoms with Crippen molar-refractivity contribution < 1.29 is 19.1 Å². The molecule has 6 nitrogen and oxygen atoms in total. The number of rotatable bonds is 12. The van der Waals surface area contributed by atoms with Crippen molar-refractivity contribution in [2.45, 2.75) is 50.8 Å². The molecule has 7 heteroatoms. The quantitative estimate of drug-likeness (QED) is 0.257. The zero-order valence-electron chi connectivity index (χ0n) is 18.1. The standard InChI is InChI=1S/C24H30N2O4S/c1-3-5-10-22(27)26-20-8-7-9-21(16-20)31-17-23(28)25-19-13-11-18(12-14-19)24(29)30-15-6-4-2/h7-9,11-14,16H,3-6,10,15,17H2,1-2H3,(H,25,28)(H,26,27). The lowest BCUT2D eigenvalue weighted by molar-refractivity contribution is -0.116. The largest absolute Gasteiger partial charge is 0.462 e. The normalized spacial score (nSPS) is 10.4. The van der Waals surface area contributed by atoms with Crippen LogP contribution in [0.1, 0.15) is 56.3 Å². The van der Waals surface area contributed by atoms with Crippen molar-refractivity contribution in [3.63, 3.8) is 0 Å².